The average Bonchev–Trinajstić information content (AvgIpc) is 2.84. The fraction of sp³-hybridized carbons (Fsp3) is 0.455. The summed E-state index contributed by atoms with van der Waals surface area (Å²) in [5.41, 5.74) is 0.994. The Hall–Kier alpha value is -2.49. The van der Waals surface area contributed by atoms with Crippen LogP contribution in [0.25, 0.3) is 0 Å². The molecule has 166 valence electrons. The largest absolute Gasteiger partial charge is 0.378 e. The van der Waals surface area contributed by atoms with Gasteiger partial charge in [0.2, 0.25) is 15.9 Å². The van der Waals surface area contributed by atoms with Crippen LogP contribution in [0.5, 0.6) is 0 Å². The monoisotopic (exact) mass is 444 g/mol. The first-order chi connectivity index (χ1) is 15.0. The Morgan fingerprint density at radius 3 is 2.48 bits per heavy atom. The highest BCUT2D eigenvalue weighted by molar-refractivity contribution is 7.89. The maximum atomic E-state index is 12.7. The summed E-state index contributed by atoms with van der Waals surface area (Å²) in [6, 6.07) is 12.3. The molecule has 1 N–H and O–H groups in total. The molecule has 8 nitrogen and oxygen atoms in total. The number of rotatable bonds is 6. The Balaban J connectivity index is 1.29. The maximum absolute atomic E-state index is 12.7. The van der Waals surface area contributed by atoms with Crippen molar-refractivity contribution in [3.8, 4) is 0 Å². The van der Waals surface area contributed by atoms with E-state index in [9.17, 15) is 13.2 Å². The Kier molecular flexibility index (Phi) is 6.84. The number of piperidine rings is 1. The number of hydrogen-bond donors (Lipinski definition) is 1. The van der Waals surface area contributed by atoms with E-state index in [4.69, 9.17) is 4.74 Å². The first-order valence-corrected chi connectivity index (χ1v) is 12.1. The zero-order valence-electron chi connectivity index (χ0n) is 17.4. The van der Waals surface area contributed by atoms with Crippen molar-refractivity contribution in [2.75, 3.05) is 44.3 Å². The van der Waals surface area contributed by atoms with E-state index < -0.39 is 10.0 Å². The summed E-state index contributed by atoms with van der Waals surface area (Å²) in [5.74, 6) is 0.693. The number of morpholine rings is 1. The summed E-state index contributed by atoms with van der Waals surface area (Å²) in [4.78, 5) is 19.6. The number of pyridine rings is 1. The highest BCUT2D eigenvalue weighted by Gasteiger charge is 2.31. The molecule has 2 aliphatic rings. The number of benzene rings is 1. The Morgan fingerprint density at radius 1 is 1.06 bits per heavy atom. The lowest BCUT2D eigenvalue weighted by Gasteiger charge is -2.30. The SMILES string of the molecule is O=C(NCc1ccnc(N2CCOCC2)c1)C1CCN(S(=O)(=O)c2ccccc2)CC1. The van der Waals surface area contributed by atoms with Crippen LogP contribution in [-0.4, -0.2) is 63.0 Å². The predicted molar refractivity (Wildman–Crippen MR) is 117 cm³/mol. The van der Waals surface area contributed by atoms with Crippen molar-refractivity contribution in [3.63, 3.8) is 0 Å². The van der Waals surface area contributed by atoms with E-state index in [1.54, 1.807) is 36.5 Å². The Labute approximate surface area is 183 Å². The Morgan fingerprint density at radius 2 is 1.77 bits per heavy atom. The lowest BCUT2D eigenvalue weighted by molar-refractivity contribution is -0.126. The van der Waals surface area contributed by atoms with Gasteiger partial charge in [-0.2, -0.15) is 4.31 Å². The zero-order valence-corrected chi connectivity index (χ0v) is 18.3. The Bertz CT molecular complexity index is 986. The number of sulfonamides is 1. The molecule has 0 atom stereocenters. The number of amides is 1. The van der Waals surface area contributed by atoms with Gasteiger partial charge in [0, 0.05) is 44.8 Å². The van der Waals surface area contributed by atoms with Gasteiger partial charge in [-0.15, -0.1) is 0 Å². The molecule has 2 aliphatic heterocycles. The normalized spacial score (nSPS) is 18.6. The number of carbonyl (C=O) groups excluding carboxylic acids is 1. The quantitative estimate of drug-likeness (QED) is 0.728. The molecule has 2 fully saturated rings. The van der Waals surface area contributed by atoms with Crippen LogP contribution >= 0.6 is 0 Å². The van der Waals surface area contributed by atoms with Gasteiger partial charge in [0.05, 0.1) is 18.1 Å². The van der Waals surface area contributed by atoms with Crippen LogP contribution < -0.4 is 10.2 Å². The van der Waals surface area contributed by atoms with E-state index in [-0.39, 0.29) is 11.8 Å². The maximum Gasteiger partial charge on any atom is 0.243 e. The van der Waals surface area contributed by atoms with Gasteiger partial charge in [-0.3, -0.25) is 4.79 Å². The zero-order chi connectivity index (χ0) is 21.7. The summed E-state index contributed by atoms with van der Waals surface area (Å²) < 4.78 is 32.3. The molecule has 1 aromatic heterocycles. The van der Waals surface area contributed by atoms with Gasteiger partial charge < -0.3 is 15.0 Å². The van der Waals surface area contributed by atoms with Crippen LogP contribution in [-0.2, 0) is 26.1 Å². The van der Waals surface area contributed by atoms with Gasteiger partial charge in [0.25, 0.3) is 0 Å². The van der Waals surface area contributed by atoms with Crippen LogP contribution in [0.15, 0.2) is 53.6 Å². The molecule has 9 heteroatoms. The van der Waals surface area contributed by atoms with Crippen molar-refractivity contribution in [2.24, 2.45) is 5.92 Å². The summed E-state index contributed by atoms with van der Waals surface area (Å²) in [6.07, 6.45) is 2.81. The number of ether oxygens (including phenoxy) is 1. The first kappa shape index (κ1) is 21.7. The molecule has 0 saturated carbocycles. The molecule has 0 spiro atoms. The van der Waals surface area contributed by atoms with E-state index in [1.807, 2.05) is 12.1 Å². The predicted octanol–water partition coefficient (Wildman–Crippen LogP) is 1.64. The number of nitrogens with zero attached hydrogens (tertiary/aromatic N) is 3. The second-order valence-electron chi connectivity index (χ2n) is 7.83. The summed E-state index contributed by atoms with van der Waals surface area (Å²) in [6.45, 7) is 4.15. The standard InChI is InChI=1S/C22H28N4O4S/c27-22(24-17-18-6-9-23-21(16-18)25-12-14-30-15-13-25)19-7-10-26(11-8-19)31(28,29)20-4-2-1-3-5-20/h1-6,9,16,19H,7-8,10-15,17H2,(H,24,27). The van der Waals surface area contributed by atoms with Gasteiger partial charge in [-0.05, 0) is 42.7 Å². The molecular weight excluding hydrogens is 416 g/mol. The molecule has 0 unspecified atom stereocenters. The molecule has 1 aromatic carbocycles. The second-order valence-corrected chi connectivity index (χ2v) is 9.77. The number of aromatic nitrogens is 1. The third kappa shape index (κ3) is 5.23. The van der Waals surface area contributed by atoms with Crippen LogP contribution in [0.1, 0.15) is 18.4 Å². The van der Waals surface area contributed by atoms with Crippen molar-refractivity contribution in [1.29, 1.82) is 0 Å². The van der Waals surface area contributed by atoms with Crippen molar-refractivity contribution in [1.82, 2.24) is 14.6 Å². The van der Waals surface area contributed by atoms with Gasteiger partial charge >= 0.3 is 0 Å². The number of nitrogens with one attached hydrogen (secondary N) is 1. The minimum absolute atomic E-state index is 0.0264. The van der Waals surface area contributed by atoms with Crippen molar-refractivity contribution in [3.05, 3.63) is 54.2 Å². The van der Waals surface area contributed by atoms with E-state index in [0.717, 1.165) is 24.5 Å². The number of carbonyl (C=O) groups is 1. The summed E-state index contributed by atoms with van der Waals surface area (Å²) >= 11 is 0. The van der Waals surface area contributed by atoms with Crippen molar-refractivity contribution in [2.45, 2.75) is 24.3 Å². The summed E-state index contributed by atoms with van der Waals surface area (Å²) in [7, 11) is -3.50. The van der Waals surface area contributed by atoms with E-state index in [1.165, 1.54) is 4.31 Å². The first-order valence-electron chi connectivity index (χ1n) is 10.6. The lowest BCUT2D eigenvalue weighted by Crippen LogP contribution is -2.42. The number of hydrogen-bond acceptors (Lipinski definition) is 6. The molecule has 31 heavy (non-hydrogen) atoms. The minimum Gasteiger partial charge on any atom is -0.378 e. The van der Waals surface area contributed by atoms with Gasteiger partial charge in [0.15, 0.2) is 0 Å². The van der Waals surface area contributed by atoms with Crippen molar-refractivity contribution >= 4 is 21.7 Å². The smallest absolute Gasteiger partial charge is 0.243 e. The lowest BCUT2D eigenvalue weighted by atomic mass is 9.97. The van der Waals surface area contributed by atoms with Crippen LogP contribution in [0.3, 0.4) is 0 Å². The van der Waals surface area contributed by atoms with E-state index in [0.29, 0.717) is 50.6 Å². The van der Waals surface area contributed by atoms with Gasteiger partial charge in [-0.25, -0.2) is 13.4 Å². The highest BCUT2D eigenvalue weighted by Crippen LogP contribution is 2.24. The molecule has 0 radical (unpaired) electrons. The minimum atomic E-state index is -3.50. The van der Waals surface area contributed by atoms with Crippen LogP contribution in [0.2, 0.25) is 0 Å². The third-order valence-electron chi connectivity index (χ3n) is 5.82. The molecular formula is C22H28N4O4S. The fourth-order valence-corrected chi connectivity index (χ4v) is 5.46. The summed E-state index contributed by atoms with van der Waals surface area (Å²) in [5, 5.41) is 3.01. The average molecular weight is 445 g/mol. The van der Waals surface area contributed by atoms with Crippen LogP contribution in [0, 0.1) is 5.92 Å². The molecule has 0 bridgehead atoms. The highest BCUT2D eigenvalue weighted by atomic mass is 32.2. The molecule has 2 aromatic rings. The van der Waals surface area contributed by atoms with E-state index in [2.05, 4.69) is 15.2 Å². The third-order valence-corrected chi connectivity index (χ3v) is 7.73. The molecule has 4 rings (SSSR count). The fourth-order valence-electron chi connectivity index (χ4n) is 3.97. The van der Waals surface area contributed by atoms with E-state index >= 15 is 0 Å². The van der Waals surface area contributed by atoms with Crippen LogP contribution in [0.4, 0.5) is 5.82 Å². The number of anilines is 1. The van der Waals surface area contributed by atoms with Gasteiger partial charge in [0.1, 0.15) is 5.82 Å². The molecule has 2 saturated heterocycles. The van der Waals surface area contributed by atoms with Crippen molar-refractivity contribution < 1.29 is 17.9 Å². The van der Waals surface area contributed by atoms with Gasteiger partial charge in [-0.1, -0.05) is 18.2 Å². The molecule has 3 heterocycles. The molecule has 1 amide bonds. The molecule has 0 aliphatic carbocycles. The topological polar surface area (TPSA) is 91.8 Å². The second kappa shape index (κ2) is 9.76.